The van der Waals surface area contributed by atoms with E-state index in [0.29, 0.717) is 17.2 Å². The quantitative estimate of drug-likeness (QED) is 0.581. The normalized spacial score (nSPS) is 20.6. The smallest absolute Gasteiger partial charge is 0.128 e. The van der Waals surface area contributed by atoms with Gasteiger partial charge in [-0.1, -0.05) is 51.1 Å². The third-order valence-corrected chi connectivity index (χ3v) is 3.78. The Bertz CT molecular complexity index is 389. The molecule has 1 aromatic carbocycles. The van der Waals surface area contributed by atoms with Crippen LogP contribution < -0.4 is 0 Å². The lowest BCUT2D eigenvalue weighted by atomic mass is 9.80. The molecule has 1 fully saturated rings. The summed E-state index contributed by atoms with van der Waals surface area (Å²) in [6, 6.07) is 10.0. The number of nitrogens with one attached hydrogen (secondary N) is 1. The van der Waals surface area contributed by atoms with E-state index in [2.05, 4.69) is 25.7 Å². The molecule has 0 bridgehead atoms. The van der Waals surface area contributed by atoms with Crippen LogP contribution in [0.25, 0.3) is 0 Å². The van der Waals surface area contributed by atoms with Gasteiger partial charge in [0.25, 0.3) is 0 Å². The maximum atomic E-state index is 8.25. The zero-order valence-corrected chi connectivity index (χ0v) is 11.0. The van der Waals surface area contributed by atoms with E-state index in [9.17, 15) is 0 Å². The minimum Gasteiger partial charge on any atom is -0.356 e. The number of nitrogens with zero attached hydrogens (tertiary/aromatic N) is 1. The van der Waals surface area contributed by atoms with Crippen molar-refractivity contribution in [1.29, 1.82) is 5.41 Å². The van der Waals surface area contributed by atoms with Gasteiger partial charge in [0.2, 0.25) is 0 Å². The highest BCUT2D eigenvalue weighted by Gasteiger charge is 2.32. The molecule has 0 radical (unpaired) electrons. The minimum absolute atomic E-state index is 0.353. The summed E-state index contributed by atoms with van der Waals surface area (Å²) in [5.41, 5.74) is 1.38. The molecule has 2 nitrogen and oxygen atoms in total. The maximum absolute atomic E-state index is 8.25. The number of hydrogen-bond donors (Lipinski definition) is 1. The average molecular weight is 230 g/mol. The van der Waals surface area contributed by atoms with Crippen LogP contribution in [0, 0.1) is 16.7 Å². The molecule has 0 amide bonds. The fourth-order valence-electron chi connectivity index (χ4n) is 2.45. The molecule has 92 valence electrons. The summed E-state index contributed by atoms with van der Waals surface area (Å²) in [6.45, 7) is 8.95. The number of likely N-dealkylation sites (tertiary alicyclic amines) is 1. The zero-order chi connectivity index (χ0) is 12.5. The minimum atomic E-state index is 0.353. The van der Waals surface area contributed by atoms with Crippen LogP contribution in [0.2, 0.25) is 0 Å². The molecule has 2 heteroatoms. The summed E-state index contributed by atoms with van der Waals surface area (Å²) in [5.74, 6) is 1.38. The van der Waals surface area contributed by atoms with Gasteiger partial charge in [-0.2, -0.15) is 0 Å². The molecule has 1 heterocycles. The van der Waals surface area contributed by atoms with Crippen molar-refractivity contribution in [2.75, 3.05) is 13.1 Å². The molecule has 2 rings (SSSR count). The molecule has 1 aromatic rings. The Labute approximate surface area is 104 Å². The van der Waals surface area contributed by atoms with Crippen molar-refractivity contribution in [2.24, 2.45) is 11.3 Å². The van der Waals surface area contributed by atoms with Crippen LogP contribution in [0.3, 0.4) is 0 Å². The lowest BCUT2D eigenvalue weighted by Crippen LogP contribution is -2.31. The number of hydrogen-bond acceptors (Lipinski definition) is 1. The first-order chi connectivity index (χ1) is 7.98. The number of amidine groups is 1. The van der Waals surface area contributed by atoms with E-state index >= 15 is 0 Å². The monoisotopic (exact) mass is 230 g/mol. The summed E-state index contributed by atoms with van der Waals surface area (Å²) in [5, 5.41) is 8.25. The van der Waals surface area contributed by atoms with E-state index < -0.39 is 0 Å². The van der Waals surface area contributed by atoms with E-state index in [0.717, 1.165) is 18.7 Å². The second-order valence-electron chi connectivity index (χ2n) is 6.01. The Morgan fingerprint density at radius 3 is 2.41 bits per heavy atom. The fourth-order valence-corrected chi connectivity index (χ4v) is 2.45. The maximum Gasteiger partial charge on any atom is 0.128 e. The average Bonchev–Trinajstić information content (AvgIpc) is 2.78. The predicted octanol–water partition coefficient (Wildman–Crippen LogP) is 3.38. The van der Waals surface area contributed by atoms with Gasteiger partial charge < -0.3 is 4.90 Å². The third-order valence-electron chi connectivity index (χ3n) is 3.78. The van der Waals surface area contributed by atoms with Crippen LogP contribution in [-0.2, 0) is 0 Å². The topological polar surface area (TPSA) is 27.1 Å². The molecule has 1 N–H and O–H groups in total. The Balaban J connectivity index is 2.05. The Morgan fingerprint density at radius 2 is 1.88 bits per heavy atom. The molecule has 1 aliphatic heterocycles. The first kappa shape index (κ1) is 12.2. The van der Waals surface area contributed by atoms with Crippen molar-refractivity contribution in [3.05, 3.63) is 35.9 Å². The zero-order valence-electron chi connectivity index (χ0n) is 11.0. The van der Waals surface area contributed by atoms with Crippen LogP contribution in [0.15, 0.2) is 30.3 Å². The summed E-state index contributed by atoms with van der Waals surface area (Å²) in [4.78, 5) is 2.21. The van der Waals surface area contributed by atoms with Crippen molar-refractivity contribution in [1.82, 2.24) is 4.90 Å². The Hall–Kier alpha value is -1.31. The highest BCUT2D eigenvalue weighted by molar-refractivity contribution is 5.96. The first-order valence-electron chi connectivity index (χ1n) is 6.37. The van der Waals surface area contributed by atoms with Gasteiger partial charge >= 0.3 is 0 Å². The molecule has 0 saturated carbocycles. The SMILES string of the molecule is CC(C)(C)C1CCN(C(=N)c2ccccc2)C1. The fraction of sp³-hybridized carbons (Fsp3) is 0.533. The van der Waals surface area contributed by atoms with Crippen molar-refractivity contribution in [3.8, 4) is 0 Å². The molecule has 1 atom stereocenters. The molecule has 1 saturated heterocycles. The molecule has 0 aliphatic carbocycles. The summed E-state index contributed by atoms with van der Waals surface area (Å²) < 4.78 is 0. The molecular weight excluding hydrogens is 208 g/mol. The van der Waals surface area contributed by atoms with E-state index in [4.69, 9.17) is 5.41 Å². The standard InChI is InChI=1S/C15H22N2/c1-15(2,3)13-9-10-17(11-13)14(16)12-7-5-4-6-8-12/h4-8,13,16H,9-11H2,1-3H3. The van der Waals surface area contributed by atoms with E-state index in [1.54, 1.807) is 0 Å². The van der Waals surface area contributed by atoms with Crippen molar-refractivity contribution < 1.29 is 0 Å². The Morgan fingerprint density at radius 1 is 1.24 bits per heavy atom. The highest BCUT2D eigenvalue weighted by Crippen LogP contribution is 2.33. The van der Waals surface area contributed by atoms with Crippen molar-refractivity contribution >= 4 is 5.84 Å². The van der Waals surface area contributed by atoms with Crippen LogP contribution in [-0.4, -0.2) is 23.8 Å². The van der Waals surface area contributed by atoms with Crippen LogP contribution in [0.4, 0.5) is 0 Å². The van der Waals surface area contributed by atoms with Gasteiger partial charge in [-0.05, 0) is 17.8 Å². The summed E-state index contributed by atoms with van der Waals surface area (Å²) in [7, 11) is 0. The van der Waals surface area contributed by atoms with Crippen molar-refractivity contribution in [3.63, 3.8) is 0 Å². The predicted molar refractivity (Wildman–Crippen MR) is 72.4 cm³/mol. The van der Waals surface area contributed by atoms with Gasteiger partial charge in [-0.15, -0.1) is 0 Å². The van der Waals surface area contributed by atoms with Crippen LogP contribution in [0.5, 0.6) is 0 Å². The van der Waals surface area contributed by atoms with E-state index in [-0.39, 0.29) is 0 Å². The van der Waals surface area contributed by atoms with E-state index in [1.165, 1.54) is 6.42 Å². The van der Waals surface area contributed by atoms with E-state index in [1.807, 2.05) is 30.3 Å². The van der Waals surface area contributed by atoms with Gasteiger partial charge in [-0.25, -0.2) is 0 Å². The lowest BCUT2D eigenvalue weighted by molar-refractivity contribution is 0.250. The molecular formula is C15H22N2. The van der Waals surface area contributed by atoms with Gasteiger partial charge in [-0.3, -0.25) is 5.41 Å². The second kappa shape index (κ2) is 4.52. The largest absolute Gasteiger partial charge is 0.356 e. The lowest BCUT2D eigenvalue weighted by Gasteiger charge is -2.27. The molecule has 17 heavy (non-hydrogen) atoms. The summed E-state index contributed by atoms with van der Waals surface area (Å²) >= 11 is 0. The van der Waals surface area contributed by atoms with Gasteiger partial charge in [0.15, 0.2) is 0 Å². The van der Waals surface area contributed by atoms with Crippen LogP contribution >= 0.6 is 0 Å². The molecule has 0 aromatic heterocycles. The molecule has 1 aliphatic rings. The Kier molecular flexibility index (Phi) is 3.23. The molecule has 1 unspecified atom stereocenters. The number of rotatable bonds is 1. The van der Waals surface area contributed by atoms with Gasteiger partial charge in [0.1, 0.15) is 5.84 Å². The van der Waals surface area contributed by atoms with Gasteiger partial charge in [0, 0.05) is 18.7 Å². The summed E-state index contributed by atoms with van der Waals surface area (Å²) in [6.07, 6.45) is 1.21. The second-order valence-corrected chi connectivity index (χ2v) is 6.01. The first-order valence-corrected chi connectivity index (χ1v) is 6.37. The highest BCUT2D eigenvalue weighted by atomic mass is 15.2. The number of benzene rings is 1. The molecule has 0 spiro atoms. The third kappa shape index (κ3) is 2.68. The van der Waals surface area contributed by atoms with Crippen LogP contribution in [0.1, 0.15) is 32.8 Å². The van der Waals surface area contributed by atoms with Crippen molar-refractivity contribution in [2.45, 2.75) is 27.2 Å². The van der Waals surface area contributed by atoms with Gasteiger partial charge in [0.05, 0.1) is 0 Å².